The summed E-state index contributed by atoms with van der Waals surface area (Å²) in [6, 6.07) is 16.6. The van der Waals surface area contributed by atoms with Gasteiger partial charge in [-0.25, -0.2) is 14.6 Å². The summed E-state index contributed by atoms with van der Waals surface area (Å²) in [7, 11) is 0. The van der Waals surface area contributed by atoms with Gasteiger partial charge in [0.2, 0.25) is 0 Å². The number of aromatic amines is 1. The van der Waals surface area contributed by atoms with E-state index < -0.39 is 0 Å². The Morgan fingerprint density at radius 3 is 2.53 bits per heavy atom. The molecule has 1 aliphatic rings. The van der Waals surface area contributed by atoms with E-state index in [0.29, 0.717) is 19.1 Å². The third-order valence-electron chi connectivity index (χ3n) is 6.46. The maximum Gasteiger partial charge on any atom is 0.161 e. The topological polar surface area (TPSA) is 89.9 Å². The molecule has 0 unspecified atom stereocenters. The monoisotopic (exact) mass is 480 g/mol. The van der Waals surface area contributed by atoms with Gasteiger partial charge in [-0.1, -0.05) is 32.0 Å². The van der Waals surface area contributed by atoms with Gasteiger partial charge in [-0.05, 0) is 59.9 Å². The van der Waals surface area contributed by atoms with Crippen LogP contribution < -0.4 is 14.8 Å². The molecule has 182 valence electrons. The van der Waals surface area contributed by atoms with E-state index in [9.17, 15) is 0 Å². The minimum Gasteiger partial charge on any atom is -0.486 e. The van der Waals surface area contributed by atoms with Crippen LogP contribution in [0.25, 0.3) is 28.0 Å². The molecule has 4 heterocycles. The van der Waals surface area contributed by atoms with Gasteiger partial charge in [0.1, 0.15) is 31.0 Å². The van der Waals surface area contributed by atoms with E-state index in [1.54, 1.807) is 6.33 Å². The number of anilines is 1. The molecule has 0 saturated heterocycles. The van der Waals surface area contributed by atoms with Crippen LogP contribution in [0.1, 0.15) is 31.0 Å². The van der Waals surface area contributed by atoms with Crippen molar-refractivity contribution in [2.75, 3.05) is 18.5 Å². The zero-order valence-corrected chi connectivity index (χ0v) is 20.5. The Kier molecular flexibility index (Phi) is 5.56. The fourth-order valence-corrected chi connectivity index (χ4v) is 4.59. The standard InChI is InChI=1S/C28H28N6O2/c1-17(2)26(20-6-9-24-25(12-20)36-11-10-35-24)33-28-22-13-23(32-27(22)29-16-30-28)19-4-7-21(8-5-19)34-15-18(3)14-31-34/h4-9,12-17,26H,10-11H2,1-3H3,(H2,29,30,32,33)/t26-/m1/s1. The number of ether oxygens (including phenoxy) is 2. The number of aromatic nitrogens is 5. The van der Waals surface area contributed by atoms with E-state index in [2.05, 4.69) is 81.7 Å². The molecule has 0 spiro atoms. The van der Waals surface area contributed by atoms with E-state index in [0.717, 1.165) is 56.4 Å². The zero-order chi connectivity index (χ0) is 24.6. The Balaban J connectivity index is 1.30. The van der Waals surface area contributed by atoms with Crippen molar-refractivity contribution in [3.05, 3.63) is 78.4 Å². The van der Waals surface area contributed by atoms with Crippen LogP contribution in [-0.4, -0.2) is 37.9 Å². The van der Waals surface area contributed by atoms with Crippen molar-refractivity contribution in [1.82, 2.24) is 24.7 Å². The van der Waals surface area contributed by atoms with Crippen LogP contribution in [0.5, 0.6) is 11.5 Å². The lowest BCUT2D eigenvalue weighted by Crippen LogP contribution is -2.19. The van der Waals surface area contributed by atoms with Gasteiger partial charge in [-0.2, -0.15) is 5.10 Å². The van der Waals surface area contributed by atoms with Crippen molar-refractivity contribution in [3.8, 4) is 28.4 Å². The third kappa shape index (κ3) is 4.15. The molecule has 8 heteroatoms. The van der Waals surface area contributed by atoms with Crippen LogP contribution in [0.15, 0.2) is 67.3 Å². The van der Waals surface area contributed by atoms with Gasteiger partial charge in [-0.3, -0.25) is 0 Å². The number of hydrogen-bond donors (Lipinski definition) is 2. The first-order valence-corrected chi connectivity index (χ1v) is 12.2. The fourth-order valence-electron chi connectivity index (χ4n) is 4.59. The molecule has 0 bridgehead atoms. The molecule has 6 rings (SSSR count). The smallest absolute Gasteiger partial charge is 0.161 e. The first-order valence-electron chi connectivity index (χ1n) is 12.2. The Hall–Kier alpha value is -4.33. The average Bonchev–Trinajstić information content (AvgIpc) is 3.54. The molecule has 0 radical (unpaired) electrons. The molecule has 5 aromatic rings. The molecule has 2 aromatic carbocycles. The van der Waals surface area contributed by atoms with E-state index in [1.807, 2.05) is 30.1 Å². The number of benzene rings is 2. The van der Waals surface area contributed by atoms with Crippen LogP contribution in [-0.2, 0) is 0 Å². The van der Waals surface area contributed by atoms with Crippen LogP contribution in [0.3, 0.4) is 0 Å². The fraction of sp³-hybridized carbons (Fsp3) is 0.250. The molecular weight excluding hydrogens is 452 g/mol. The Morgan fingerprint density at radius 2 is 1.78 bits per heavy atom. The van der Waals surface area contributed by atoms with Gasteiger partial charge in [0.05, 0.1) is 23.3 Å². The van der Waals surface area contributed by atoms with Gasteiger partial charge in [-0.15, -0.1) is 0 Å². The highest BCUT2D eigenvalue weighted by atomic mass is 16.6. The summed E-state index contributed by atoms with van der Waals surface area (Å²) < 4.78 is 13.4. The molecule has 0 amide bonds. The predicted molar refractivity (Wildman–Crippen MR) is 140 cm³/mol. The van der Waals surface area contributed by atoms with Crippen molar-refractivity contribution in [2.24, 2.45) is 5.92 Å². The second-order valence-electron chi connectivity index (χ2n) is 9.45. The number of nitrogens with zero attached hydrogens (tertiary/aromatic N) is 4. The van der Waals surface area contributed by atoms with Crippen molar-refractivity contribution in [3.63, 3.8) is 0 Å². The van der Waals surface area contributed by atoms with E-state index in [-0.39, 0.29) is 6.04 Å². The van der Waals surface area contributed by atoms with Crippen molar-refractivity contribution in [2.45, 2.75) is 26.8 Å². The first kappa shape index (κ1) is 22.2. The van der Waals surface area contributed by atoms with Crippen molar-refractivity contribution in [1.29, 1.82) is 0 Å². The summed E-state index contributed by atoms with van der Waals surface area (Å²) in [5, 5.41) is 9.00. The number of H-pyrrole nitrogens is 1. The largest absolute Gasteiger partial charge is 0.486 e. The summed E-state index contributed by atoms with van der Waals surface area (Å²) in [6.45, 7) is 7.57. The van der Waals surface area contributed by atoms with E-state index in [1.165, 1.54) is 0 Å². The molecule has 3 aromatic heterocycles. The lowest BCUT2D eigenvalue weighted by molar-refractivity contribution is 0.171. The zero-order valence-electron chi connectivity index (χ0n) is 20.5. The van der Waals surface area contributed by atoms with Crippen LogP contribution in [0.4, 0.5) is 5.82 Å². The van der Waals surface area contributed by atoms with Gasteiger partial charge in [0.15, 0.2) is 11.5 Å². The summed E-state index contributed by atoms with van der Waals surface area (Å²) in [5.74, 6) is 2.69. The Morgan fingerprint density at radius 1 is 0.972 bits per heavy atom. The maximum atomic E-state index is 5.82. The van der Waals surface area contributed by atoms with Crippen LogP contribution in [0, 0.1) is 12.8 Å². The van der Waals surface area contributed by atoms with Gasteiger partial charge in [0.25, 0.3) is 0 Å². The highest BCUT2D eigenvalue weighted by molar-refractivity contribution is 5.91. The minimum absolute atomic E-state index is 0.0362. The lowest BCUT2D eigenvalue weighted by Gasteiger charge is -2.26. The van der Waals surface area contributed by atoms with E-state index in [4.69, 9.17) is 9.47 Å². The summed E-state index contributed by atoms with van der Waals surface area (Å²) in [4.78, 5) is 12.5. The summed E-state index contributed by atoms with van der Waals surface area (Å²) in [6.07, 6.45) is 5.46. The number of fused-ring (bicyclic) bond motifs is 2. The summed E-state index contributed by atoms with van der Waals surface area (Å²) in [5.41, 5.74) is 6.12. The minimum atomic E-state index is 0.0362. The molecule has 1 aliphatic heterocycles. The highest BCUT2D eigenvalue weighted by Crippen LogP contribution is 2.37. The van der Waals surface area contributed by atoms with Gasteiger partial charge in [0, 0.05) is 11.9 Å². The molecule has 0 saturated carbocycles. The second kappa shape index (κ2) is 9.03. The maximum absolute atomic E-state index is 5.82. The quantitative estimate of drug-likeness (QED) is 0.324. The van der Waals surface area contributed by atoms with Crippen molar-refractivity contribution >= 4 is 16.9 Å². The van der Waals surface area contributed by atoms with E-state index >= 15 is 0 Å². The van der Waals surface area contributed by atoms with Crippen LogP contribution in [0.2, 0.25) is 0 Å². The average molecular weight is 481 g/mol. The van der Waals surface area contributed by atoms with Gasteiger partial charge >= 0.3 is 0 Å². The Bertz CT molecular complexity index is 1520. The molecule has 0 fully saturated rings. The number of rotatable bonds is 6. The number of nitrogens with one attached hydrogen (secondary N) is 2. The molecule has 2 N–H and O–H groups in total. The summed E-state index contributed by atoms with van der Waals surface area (Å²) >= 11 is 0. The molecule has 1 atom stereocenters. The van der Waals surface area contributed by atoms with Crippen molar-refractivity contribution < 1.29 is 9.47 Å². The lowest BCUT2D eigenvalue weighted by atomic mass is 9.95. The third-order valence-corrected chi connectivity index (χ3v) is 6.46. The highest BCUT2D eigenvalue weighted by Gasteiger charge is 2.21. The SMILES string of the molecule is Cc1cnn(-c2ccc(-c3cc4c(N[C@@H](c5ccc6c(c5)OCCO6)C(C)C)ncnc4[nH]3)cc2)c1. The first-order chi connectivity index (χ1) is 17.5. The van der Waals surface area contributed by atoms with Crippen LogP contribution >= 0.6 is 0 Å². The van der Waals surface area contributed by atoms with Gasteiger partial charge < -0.3 is 19.8 Å². The Labute approximate surface area is 209 Å². The molecular formula is C28H28N6O2. The number of hydrogen-bond acceptors (Lipinski definition) is 6. The second-order valence-corrected chi connectivity index (χ2v) is 9.45. The molecule has 8 nitrogen and oxygen atoms in total. The normalized spacial score (nSPS) is 13.8. The molecule has 0 aliphatic carbocycles. The molecule has 36 heavy (non-hydrogen) atoms. The number of aryl methyl sites for hydroxylation is 1. The predicted octanol–water partition coefficient (Wildman–Crippen LogP) is 5.70.